The van der Waals surface area contributed by atoms with Gasteiger partial charge in [-0.1, -0.05) is 18.2 Å². The average molecular weight is 336 g/mol. The Kier molecular flexibility index (Phi) is 4.05. The quantitative estimate of drug-likeness (QED) is 0.734. The van der Waals surface area contributed by atoms with Gasteiger partial charge in [0.25, 0.3) is 5.91 Å². The summed E-state index contributed by atoms with van der Waals surface area (Å²) in [6.07, 6.45) is 5.36. The van der Waals surface area contributed by atoms with Crippen LogP contribution in [0.25, 0.3) is 5.69 Å². The maximum absolute atomic E-state index is 13.1. The van der Waals surface area contributed by atoms with Gasteiger partial charge in [-0.15, -0.1) is 10.2 Å². The van der Waals surface area contributed by atoms with Crippen LogP contribution < -0.4 is 0 Å². The fraction of sp³-hybridized carbons (Fsp3) is 0.333. The van der Waals surface area contributed by atoms with Gasteiger partial charge < -0.3 is 9.47 Å². The Hall–Kier alpha value is -2.96. The molecule has 0 spiro atoms. The van der Waals surface area contributed by atoms with E-state index in [2.05, 4.69) is 15.3 Å². The summed E-state index contributed by atoms with van der Waals surface area (Å²) >= 11 is 0. The second-order valence-electron chi connectivity index (χ2n) is 6.35. The number of aromatic nitrogens is 5. The number of carbonyl (C=O) groups excluding carboxylic acids is 1. The zero-order valence-electron chi connectivity index (χ0n) is 14.1. The molecule has 0 bridgehead atoms. The molecule has 0 N–H and O–H groups in total. The third kappa shape index (κ3) is 2.93. The van der Waals surface area contributed by atoms with Gasteiger partial charge in [-0.2, -0.15) is 5.10 Å². The van der Waals surface area contributed by atoms with Gasteiger partial charge in [0.15, 0.2) is 0 Å². The van der Waals surface area contributed by atoms with Gasteiger partial charge in [-0.25, -0.2) is 4.68 Å². The lowest BCUT2D eigenvalue weighted by Gasteiger charge is -2.32. The van der Waals surface area contributed by atoms with Crippen LogP contribution in [0.1, 0.15) is 35.1 Å². The summed E-state index contributed by atoms with van der Waals surface area (Å²) in [4.78, 5) is 15.0. The Balaban J connectivity index is 1.58. The predicted molar refractivity (Wildman–Crippen MR) is 92.4 cm³/mol. The summed E-state index contributed by atoms with van der Waals surface area (Å²) in [7, 11) is 1.95. The second kappa shape index (κ2) is 6.51. The van der Waals surface area contributed by atoms with E-state index < -0.39 is 0 Å². The van der Waals surface area contributed by atoms with Gasteiger partial charge in [-0.05, 0) is 31.0 Å². The minimum absolute atomic E-state index is 0.00761. The molecule has 1 saturated heterocycles. The molecule has 1 aliphatic heterocycles. The third-order valence-electron chi connectivity index (χ3n) is 4.68. The highest BCUT2D eigenvalue weighted by Gasteiger charge is 2.29. The van der Waals surface area contributed by atoms with Crippen molar-refractivity contribution in [3.63, 3.8) is 0 Å². The van der Waals surface area contributed by atoms with Gasteiger partial charge in [-0.3, -0.25) is 4.79 Å². The Morgan fingerprint density at radius 1 is 1.20 bits per heavy atom. The molecule has 1 aliphatic rings. The van der Waals surface area contributed by atoms with Crippen LogP contribution in [0, 0.1) is 0 Å². The summed E-state index contributed by atoms with van der Waals surface area (Å²) in [5.74, 6) is 1.17. The minimum atomic E-state index is 0.00761. The smallest absolute Gasteiger partial charge is 0.272 e. The number of para-hydroxylation sites is 1. The number of hydrogen-bond acceptors (Lipinski definition) is 4. The molecule has 7 nitrogen and oxygen atoms in total. The number of benzene rings is 1. The maximum Gasteiger partial charge on any atom is 0.272 e. The van der Waals surface area contributed by atoms with E-state index >= 15 is 0 Å². The first-order chi connectivity index (χ1) is 12.2. The molecule has 3 heterocycles. The molecule has 0 saturated carbocycles. The van der Waals surface area contributed by atoms with Gasteiger partial charge in [0, 0.05) is 26.1 Å². The standard InChI is InChI=1S/C18H20N6O/c1-22-13-19-21-17(22)14-6-5-11-23(12-14)18(25)16-9-10-20-24(16)15-7-3-2-4-8-15/h2-4,7-10,13-14H,5-6,11-12H2,1H3/t14-/m1/s1. The predicted octanol–water partition coefficient (Wildman–Crippen LogP) is 2.02. The molecule has 0 aliphatic carbocycles. The Bertz CT molecular complexity index is 869. The first-order valence-corrected chi connectivity index (χ1v) is 8.46. The molecule has 1 fully saturated rings. The number of rotatable bonds is 3. The van der Waals surface area contributed by atoms with Crippen LogP contribution in [0.4, 0.5) is 0 Å². The number of hydrogen-bond donors (Lipinski definition) is 0. The monoisotopic (exact) mass is 336 g/mol. The zero-order valence-corrected chi connectivity index (χ0v) is 14.1. The van der Waals surface area contributed by atoms with Crippen molar-refractivity contribution in [1.29, 1.82) is 0 Å². The highest BCUT2D eigenvalue weighted by molar-refractivity contribution is 5.93. The summed E-state index contributed by atoms with van der Waals surface area (Å²) in [5.41, 5.74) is 1.47. The summed E-state index contributed by atoms with van der Waals surface area (Å²) in [6, 6.07) is 11.5. The zero-order chi connectivity index (χ0) is 17.2. The Labute approximate surface area is 145 Å². The van der Waals surface area contributed by atoms with Crippen LogP contribution in [-0.4, -0.2) is 48.4 Å². The average Bonchev–Trinajstić information content (AvgIpc) is 3.31. The summed E-state index contributed by atoms with van der Waals surface area (Å²) < 4.78 is 3.64. The highest BCUT2D eigenvalue weighted by Crippen LogP contribution is 2.26. The van der Waals surface area contributed by atoms with Gasteiger partial charge in [0.2, 0.25) is 0 Å². The molecular formula is C18H20N6O. The van der Waals surface area contributed by atoms with Gasteiger partial charge >= 0.3 is 0 Å². The van der Waals surface area contributed by atoms with Crippen LogP contribution in [-0.2, 0) is 7.05 Å². The van der Waals surface area contributed by atoms with Crippen LogP contribution in [0.2, 0.25) is 0 Å². The van der Waals surface area contributed by atoms with Crippen molar-refractivity contribution in [2.24, 2.45) is 7.05 Å². The third-order valence-corrected chi connectivity index (χ3v) is 4.68. The molecule has 1 aromatic carbocycles. The van der Waals surface area contributed by atoms with Crippen molar-refractivity contribution in [2.45, 2.75) is 18.8 Å². The lowest BCUT2D eigenvalue weighted by Crippen LogP contribution is -2.40. The fourth-order valence-electron chi connectivity index (χ4n) is 3.44. The molecule has 0 radical (unpaired) electrons. The van der Waals surface area contributed by atoms with Crippen LogP contribution >= 0.6 is 0 Å². The molecule has 25 heavy (non-hydrogen) atoms. The first kappa shape index (κ1) is 15.6. The van der Waals surface area contributed by atoms with E-state index in [1.807, 2.05) is 46.8 Å². The number of piperidine rings is 1. The van der Waals surface area contributed by atoms with Crippen molar-refractivity contribution in [1.82, 2.24) is 29.4 Å². The van der Waals surface area contributed by atoms with E-state index in [1.54, 1.807) is 23.3 Å². The highest BCUT2D eigenvalue weighted by atomic mass is 16.2. The molecule has 3 aromatic rings. The van der Waals surface area contributed by atoms with Crippen molar-refractivity contribution in [3.8, 4) is 5.69 Å². The SMILES string of the molecule is Cn1cnnc1[C@@H]1CCCN(C(=O)c2ccnn2-c2ccccc2)C1. The topological polar surface area (TPSA) is 68.8 Å². The molecule has 1 amide bonds. The van der Waals surface area contributed by atoms with Crippen molar-refractivity contribution >= 4 is 5.91 Å². The number of carbonyl (C=O) groups is 1. The normalized spacial score (nSPS) is 17.6. The molecule has 0 unspecified atom stereocenters. The molecular weight excluding hydrogens is 316 g/mol. The van der Waals surface area contributed by atoms with Crippen LogP contribution in [0.5, 0.6) is 0 Å². The lowest BCUT2D eigenvalue weighted by molar-refractivity contribution is 0.0694. The van der Waals surface area contributed by atoms with Crippen LogP contribution in [0.3, 0.4) is 0 Å². The van der Waals surface area contributed by atoms with Crippen molar-refractivity contribution in [3.05, 3.63) is 60.4 Å². The van der Waals surface area contributed by atoms with E-state index in [0.717, 1.165) is 30.9 Å². The summed E-state index contributed by atoms with van der Waals surface area (Å²) in [5, 5.41) is 12.5. The molecule has 1 atom stereocenters. The summed E-state index contributed by atoms with van der Waals surface area (Å²) in [6.45, 7) is 1.42. The van der Waals surface area contributed by atoms with Crippen LogP contribution in [0.15, 0.2) is 48.9 Å². The van der Waals surface area contributed by atoms with E-state index in [9.17, 15) is 4.79 Å². The largest absolute Gasteiger partial charge is 0.337 e. The number of aryl methyl sites for hydroxylation is 1. The number of likely N-dealkylation sites (tertiary alicyclic amines) is 1. The number of nitrogens with zero attached hydrogens (tertiary/aromatic N) is 6. The van der Waals surface area contributed by atoms with Crippen molar-refractivity contribution in [2.75, 3.05) is 13.1 Å². The first-order valence-electron chi connectivity index (χ1n) is 8.46. The number of amides is 1. The van der Waals surface area contributed by atoms with E-state index in [-0.39, 0.29) is 11.8 Å². The van der Waals surface area contributed by atoms with E-state index in [4.69, 9.17) is 0 Å². The maximum atomic E-state index is 13.1. The van der Waals surface area contributed by atoms with Gasteiger partial charge in [0.05, 0.1) is 11.9 Å². The molecule has 4 rings (SSSR count). The molecule has 7 heteroatoms. The Morgan fingerprint density at radius 2 is 2.04 bits per heavy atom. The van der Waals surface area contributed by atoms with E-state index in [0.29, 0.717) is 12.2 Å². The molecule has 2 aromatic heterocycles. The Morgan fingerprint density at radius 3 is 2.80 bits per heavy atom. The van der Waals surface area contributed by atoms with Gasteiger partial charge in [0.1, 0.15) is 17.8 Å². The fourth-order valence-corrected chi connectivity index (χ4v) is 3.44. The minimum Gasteiger partial charge on any atom is -0.337 e. The molecule has 128 valence electrons. The lowest BCUT2D eigenvalue weighted by atomic mass is 9.97. The van der Waals surface area contributed by atoms with Crippen molar-refractivity contribution < 1.29 is 4.79 Å². The van der Waals surface area contributed by atoms with E-state index in [1.165, 1.54) is 0 Å². The second-order valence-corrected chi connectivity index (χ2v) is 6.35.